The van der Waals surface area contributed by atoms with Crippen LogP contribution in [0.1, 0.15) is 17.5 Å². The molecule has 1 fully saturated rings. The van der Waals surface area contributed by atoms with Crippen molar-refractivity contribution in [3.05, 3.63) is 29.3 Å². The van der Waals surface area contributed by atoms with Crippen LogP contribution >= 0.6 is 0 Å². The summed E-state index contributed by atoms with van der Waals surface area (Å²) in [4.78, 5) is 1.91. The fourth-order valence-corrected chi connectivity index (χ4v) is 4.26. The lowest BCUT2D eigenvalue weighted by atomic mass is 10.1. The largest absolute Gasteiger partial charge is 0.409 e. The van der Waals surface area contributed by atoms with Gasteiger partial charge in [0.15, 0.2) is 15.7 Å². The number of aryl methyl sites for hydroxylation is 1. The van der Waals surface area contributed by atoms with Crippen molar-refractivity contribution in [1.29, 1.82) is 0 Å². The van der Waals surface area contributed by atoms with E-state index in [2.05, 4.69) is 5.16 Å². The van der Waals surface area contributed by atoms with E-state index in [0.29, 0.717) is 12.0 Å². The van der Waals surface area contributed by atoms with Crippen molar-refractivity contribution in [1.82, 2.24) is 0 Å². The minimum absolute atomic E-state index is 0.0210. The number of hydrogen-bond donors (Lipinski definition) is 2. The Hall–Kier alpha value is -1.76. The molecule has 0 amide bonds. The van der Waals surface area contributed by atoms with Crippen molar-refractivity contribution >= 4 is 21.4 Å². The summed E-state index contributed by atoms with van der Waals surface area (Å²) >= 11 is 0. The lowest BCUT2D eigenvalue weighted by Crippen LogP contribution is -2.34. The number of nitrogens with zero attached hydrogens (tertiary/aromatic N) is 2. The fourth-order valence-electron chi connectivity index (χ4n) is 2.48. The molecule has 0 saturated carbocycles. The van der Waals surface area contributed by atoms with Crippen LogP contribution in [0.4, 0.5) is 5.69 Å². The summed E-state index contributed by atoms with van der Waals surface area (Å²) in [6.07, 6.45) is 0.600. The first-order chi connectivity index (χ1) is 9.34. The van der Waals surface area contributed by atoms with Gasteiger partial charge in [0.1, 0.15) is 0 Å². The summed E-state index contributed by atoms with van der Waals surface area (Å²) in [6, 6.07) is 5.49. The highest BCUT2D eigenvalue weighted by atomic mass is 32.2. The molecule has 1 aromatic carbocycles. The maximum atomic E-state index is 11.6. The summed E-state index contributed by atoms with van der Waals surface area (Å²) in [6.45, 7) is 1.94. The van der Waals surface area contributed by atoms with Gasteiger partial charge in [-0.05, 0) is 31.0 Å². The average molecular weight is 297 g/mol. The first kappa shape index (κ1) is 14.6. The second-order valence-corrected chi connectivity index (χ2v) is 7.40. The summed E-state index contributed by atoms with van der Waals surface area (Å²) < 4.78 is 23.2. The number of sulfone groups is 1. The number of amidine groups is 1. The zero-order valence-corrected chi connectivity index (χ0v) is 12.4. The molecule has 6 nitrogen and oxygen atoms in total. The Morgan fingerprint density at radius 3 is 2.75 bits per heavy atom. The smallest absolute Gasteiger partial charge is 0.172 e. The topological polar surface area (TPSA) is 96.0 Å². The van der Waals surface area contributed by atoms with Gasteiger partial charge in [0, 0.05) is 24.3 Å². The zero-order valence-electron chi connectivity index (χ0n) is 11.6. The summed E-state index contributed by atoms with van der Waals surface area (Å²) in [5.74, 6) is 0.382. The summed E-state index contributed by atoms with van der Waals surface area (Å²) in [5, 5.41) is 11.9. The summed E-state index contributed by atoms with van der Waals surface area (Å²) in [5.41, 5.74) is 8.10. The van der Waals surface area contributed by atoms with Gasteiger partial charge < -0.3 is 15.8 Å². The van der Waals surface area contributed by atoms with Gasteiger partial charge in [-0.1, -0.05) is 11.2 Å². The number of oxime groups is 1. The lowest BCUT2D eigenvalue weighted by Gasteiger charge is -2.28. The van der Waals surface area contributed by atoms with E-state index in [1.165, 1.54) is 0 Å². The molecule has 1 heterocycles. The number of benzene rings is 1. The molecule has 0 aromatic heterocycles. The first-order valence-corrected chi connectivity index (χ1v) is 8.18. The van der Waals surface area contributed by atoms with Gasteiger partial charge in [-0.15, -0.1) is 0 Å². The predicted octanol–water partition coefficient (Wildman–Crippen LogP) is 0.713. The van der Waals surface area contributed by atoms with E-state index in [-0.39, 0.29) is 23.4 Å². The molecule has 7 heteroatoms. The maximum Gasteiger partial charge on any atom is 0.172 e. The van der Waals surface area contributed by atoms with E-state index in [0.717, 1.165) is 11.3 Å². The van der Waals surface area contributed by atoms with E-state index in [9.17, 15) is 8.42 Å². The molecule has 3 N–H and O–H groups in total. The van der Waals surface area contributed by atoms with Crippen LogP contribution in [0.2, 0.25) is 0 Å². The van der Waals surface area contributed by atoms with Gasteiger partial charge in [0.25, 0.3) is 0 Å². The Morgan fingerprint density at radius 1 is 1.50 bits per heavy atom. The molecule has 1 saturated heterocycles. The Morgan fingerprint density at radius 2 is 2.20 bits per heavy atom. The van der Waals surface area contributed by atoms with Crippen LogP contribution in [0.15, 0.2) is 23.4 Å². The van der Waals surface area contributed by atoms with Gasteiger partial charge in [0.2, 0.25) is 0 Å². The van der Waals surface area contributed by atoms with Gasteiger partial charge >= 0.3 is 0 Å². The molecule has 1 atom stereocenters. The highest BCUT2D eigenvalue weighted by Crippen LogP contribution is 2.27. The molecule has 2 rings (SSSR count). The third-order valence-corrected chi connectivity index (χ3v) is 5.42. The molecule has 20 heavy (non-hydrogen) atoms. The van der Waals surface area contributed by atoms with Crippen LogP contribution in [0.25, 0.3) is 0 Å². The van der Waals surface area contributed by atoms with Crippen molar-refractivity contribution in [2.45, 2.75) is 19.4 Å². The minimum Gasteiger partial charge on any atom is -0.409 e. The Bertz CT molecular complexity index is 640. The molecule has 110 valence electrons. The quantitative estimate of drug-likeness (QED) is 0.371. The maximum absolute atomic E-state index is 11.6. The Labute approximate surface area is 118 Å². The lowest BCUT2D eigenvalue weighted by molar-refractivity contribution is 0.318. The van der Waals surface area contributed by atoms with Crippen molar-refractivity contribution in [3.8, 4) is 0 Å². The van der Waals surface area contributed by atoms with E-state index in [1.54, 1.807) is 6.07 Å². The Kier molecular flexibility index (Phi) is 3.89. The third-order valence-electron chi connectivity index (χ3n) is 3.67. The highest BCUT2D eigenvalue weighted by Gasteiger charge is 2.31. The molecule has 1 aliphatic rings. The molecule has 1 unspecified atom stereocenters. The third kappa shape index (κ3) is 2.87. The second kappa shape index (κ2) is 5.32. The van der Waals surface area contributed by atoms with E-state index < -0.39 is 9.84 Å². The van der Waals surface area contributed by atoms with E-state index in [4.69, 9.17) is 10.9 Å². The van der Waals surface area contributed by atoms with Crippen LogP contribution in [0, 0.1) is 6.92 Å². The number of anilines is 1. The molecule has 0 bridgehead atoms. The van der Waals surface area contributed by atoms with Crippen molar-refractivity contribution in [2.24, 2.45) is 10.9 Å². The van der Waals surface area contributed by atoms with Crippen molar-refractivity contribution in [2.75, 3.05) is 23.5 Å². The zero-order chi connectivity index (χ0) is 14.9. The molecule has 1 aliphatic heterocycles. The SMILES string of the molecule is Cc1ccc(C(N)=NO)c(N(C)C2CCS(=O)(=O)C2)c1. The fraction of sp³-hybridized carbons (Fsp3) is 0.462. The first-order valence-electron chi connectivity index (χ1n) is 6.36. The van der Waals surface area contributed by atoms with Crippen molar-refractivity contribution < 1.29 is 13.6 Å². The number of rotatable bonds is 3. The molecule has 1 aromatic rings. The normalized spacial score (nSPS) is 21.9. The monoisotopic (exact) mass is 297 g/mol. The average Bonchev–Trinajstić information content (AvgIpc) is 2.77. The van der Waals surface area contributed by atoms with E-state index >= 15 is 0 Å². The van der Waals surface area contributed by atoms with Crippen LogP contribution < -0.4 is 10.6 Å². The van der Waals surface area contributed by atoms with Gasteiger partial charge in [-0.2, -0.15) is 0 Å². The van der Waals surface area contributed by atoms with Crippen LogP contribution in [-0.4, -0.2) is 44.1 Å². The standard InChI is InChI=1S/C13H19N3O3S/c1-9-3-4-11(13(14)15-17)12(7-9)16(2)10-5-6-20(18,19)8-10/h3-4,7,10,17H,5-6,8H2,1-2H3,(H2,14,15). The van der Waals surface area contributed by atoms with Gasteiger partial charge in [0.05, 0.1) is 11.5 Å². The number of nitrogens with two attached hydrogens (primary N) is 1. The van der Waals surface area contributed by atoms with Crippen LogP contribution in [0.3, 0.4) is 0 Å². The second-order valence-electron chi connectivity index (χ2n) is 5.17. The highest BCUT2D eigenvalue weighted by molar-refractivity contribution is 7.91. The van der Waals surface area contributed by atoms with Gasteiger partial charge in [-0.25, -0.2) is 8.42 Å². The number of hydrogen-bond acceptors (Lipinski definition) is 5. The molecule has 0 aliphatic carbocycles. The van der Waals surface area contributed by atoms with Crippen LogP contribution in [-0.2, 0) is 9.84 Å². The summed E-state index contributed by atoms with van der Waals surface area (Å²) in [7, 11) is -1.11. The minimum atomic E-state index is -2.95. The van der Waals surface area contributed by atoms with Gasteiger partial charge in [-0.3, -0.25) is 0 Å². The predicted molar refractivity (Wildman–Crippen MR) is 79.2 cm³/mol. The molecular weight excluding hydrogens is 278 g/mol. The molecular formula is C13H19N3O3S. The molecule has 0 spiro atoms. The van der Waals surface area contributed by atoms with Crippen LogP contribution in [0.5, 0.6) is 0 Å². The van der Waals surface area contributed by atoms with E-state index in [1.807, 2.05) is 31.0 Å². The van der Waals surface area contributed by atoms with Crippen molar-refractivity contribution in [3.63, 3.8) is 0 Å². The molecule has 0 radical (unpaired) electrons. The Balaban J connectivity index is 2.39.